The van der Waals surface area contributed by atoms with Crippen molar-refractivity contribution < 1.29 is 18.7 Å². The van der Waals surface area contributed by atoms with E-state index in [9.17, 15) is 4.79 Å². The van der Waals surface area contributed by atoms with E-state index in [1.807, 2.05) is 42.5 Å². The molecule has 4 aromatic rings. The summed E-state index contributed by atoms with van der Waals surface area (Å²) in [5.41, 5.74) is 2.97. The molecule has 1 heterocycles. The van der Waals surface area contributed by atoms with Crippen molar-refractivity contribution in [3.63, 3.8) is 0 Å². The highest BCUT2D eigenvalue weighted by Crippen LogP contribution is 2.20. The van der Waals surface area contributed by atoms with E-state index in [-0.39, 0.29) is 19.1 Å². The average molecular weight is 425 g/mol. The van der Waals surface area contributed by atoms with Crippen LogP contribution in [0.25, 0.3) is 10.8 Å². The predicted molar refractivity (Wildman–Crippen MR) is 119 cm³/mol. The van der Waals surface area contributed by atoms with Crippen molar-refractivity contribution in [3.05, 3.63) is 95.9 Å². The van der Waals surface area contributed by atoms with Crippen molar-refractivity contribution in [2.75, 3.05) is 6.61 Å². The van der Waals surface area contributed by atoms with Crippen LogP contribution in [0.2, 0.25) is 0 Å². The van der Waals surface area contributed by atoms with Gasteiger partial charge in [-0.25, -0.2) is 5.43 Å². The summed E-state index contributed by atoms with van der Waals surface area (Å²) in [6.07, 6.45) is 1.40. The summed E-state index contributed by atoms with van der Waals surface area (Å²) in [6, 6.07) is 25.9. The monoisotopic (exact) mass is 425 g/mol. The molecule has 4 rings (SSSR count). The minimum absolute atomic E-state index is 0.155. The summed E-state index contributed by atoms with van der Waals surface area (Å²) in [5, 5.41) is 14.8. The van der Waals surface area contributed by atoms with Crippen molar-refractivity contribution in [2.24, 2.45) is 5.10 Å². The zero-order valence-electron chi connectivity index (χ0n) is 17.0. The number of hydrogen-bond acceptors (Lipinski definition) is 6. The Morgan fingerprint density at radius 3 is 2.56 bits per heavy atom. The van der Waals surface area contributed by atoms with E-state index < -0.39 is 0 Å². The number of nitrogens with zero attached hydrogens (tertiary/aromatic N) is 2. The van der Waals surface area contributed by atoms with Crippen LogP contribution in [0.5, 0.6) is 11.5 Å². The predicted octanol–water partition coefficient (Wildman–Crippen LogP) is 4.41. The molecule has 1 N–H and O–H groups in total. The van der Waals surface area contributed by atoms with E-state index in [1.165, 1.54) is 6.21 Å². The van der Waals surface area contributed by atoms with Gasteiger partial charge in [0.25, 0.3) is 5.91 Å². The van der Waals surface area contributed by atoms with Gasteiger partial charge in [-0.05, 0) is 59.3 Å². The Labute approximate surface area is 184 Å². The third-order valence-electron chi connectivity index (χ3n) is 4.52. The molecule has 0 aliphatic carbocycles. The fourth-order valence-corrected chi connectivity index (χ4v) is 2.93. The second kappa shape index (κ2) is 9.96. The molecule has 0 saturated heterocycles. The molecule has 0 aliphatic heterocycles. The summed E-state index contributed by atoms with van der Waals surface area (Å²) in [5.74, 6) is 1.93. The topological polar surface area (TPSA) is 96.8 Å². The number of ether oxygens (including phenoxy) is 2. The molecule has 7 heteroatoms. The van der Waals surface area contributed by atoms with Crippen LogP contribution in [-0.4, -0.2) is 18.7 Å². The lowest BCUT2D eigenvalue weighted by molar-refractivity contribution is -0.123. The van der Waals surface area contributed by atoms with Crippen LogP contribution >= 0.6 is 0 Å². The van der Waals surface area contributed by atoms with Crippen molar-refractivity contribution in [3.8, 4) is 17.6 Å². The summed E-state index contributed by atoms with van der Waals surface area (Å²) >= 11 is 0. The van der Waals surface area contributed by atoms with E-state index in [2.05, 4.69) is 16.6 Å². The molecule has 158 valence electrons. The molecule has 7 nitrogen and oxygen atoms in total. The molecule has 0 unspecified atom stereocenters. The maximum Gasteiger partial charge on any atom is 0.277 e. The van der Waals surface area contributed by atoms with Gasteiger partial charge in [0.15, 0.2) is 6.61 Å². The van der Waals surface area contributed by atoms with E-state index in [0.717, 1.165) is 10.8 Å². The van der Waals surface area contributed by atoms with Crippen molar-refractivity contribution in [1.29, 1.82) is 5.26 Å². The lowest BCUT2D eigenvalue weighted by Gasteiger charge is -2.06. The van der Waals surface area contributed by atoms with Crippen molar-refractivity contribution in [2.45, 2.75) is 6.61 Å². The molecular weight excluding hydrogens is 406 g/mol. The van der Waals surface area contributed by atoms with Crippen LogP contribution in [0.1, 0.15) is 17.1 Å². The number of nitrogens with one attached hydrogen (secondary N) is 1. The Balaban J connectivity index is 1.22. The minimum atomic E-state index is -0.384. The van der Waals surface area contributed by atoms with Crippen LogP contribution in [-0.2, 0) is 11.4 Å². The first-order valence-electron chi connectivity index (χ1n) is 9.85. The first-order valence-corrected chi connectivity index (χ1v) is 9.85. The lowest BCUT2D eigenvalue weighted by atomic mass is 10.1. The first kappa shape index (κ1) is 20.7. The highest BCUT2D eigenvalue weighted by molar-refractivity contribution is 5.84. The van der Waals surface area contributed by atoms with Gasteiger partial charge in [0.2, 0.25) is 0 Å². The van der Waals surface area contributed by atoms with E-state index in [4.69, 9.17) is 19.2 Å². The van der Waals surface area contributed by atoms with Gasteiger partial charge in [-0.2, -0.15) is 10.4 Å². The molecule has 0 spiro atoms. The highest BCUT2D eigenvalue weighted by atomic mass is 16.5. The van der Waals surface area contributed by atoms with Crippen LogP contribution in [0.15, 0.2) is 88.4 Å². The second-order valence-corrected chi connectivity index (χ2v) is 6.82. The third-order valence-corrected chi connectivity index (χ3v) is 4.52. The third kappa shape index (κ3) is 5.52. The number of fused-ring (bicyclic) bond motifs is 1. The molecule has 0 radical (unpaired) electrons. The summed E-state index contributed by atoms with van der Waals surface area (Å²) < 4.78 is 16.7. The van der Waals surface area contributed by atoms with Gasteiger partial charge in [-0.3, -0.25) is 4.79 Å². The SMILES string of the molecule is N#Cc1ccc(OCc2ccc(/C=N/NC(=O)COc3ccc4ccccc4c3)o2)cc1. The van der Waals surface area contributed by atoms with Crippen molar-refractivity contribution >= 4 is 22.9 Å². The summed E-state index contributed by atoms with van der Waals surface area (Å²) in [7, 11) is 0. The number of hydrazone groups is 1. The Morgan fingerprint density at radius 2 is 1.75 bits per heavy atom. The van der Waals surface area contributed by atoms with E-state index in [1.54, 1.807) is 36.4 Å². The maximum atomic E-state index is 12.0. The van der Waals surface area contributed by atoms with Crippen LogP contribution < -0.4 is 14.9 Å². The van der Waals surface area contributed by atoms with Gasteiger partial charge >= 0.3 is 0 Å². The largest absolute Gasteiger partial charge is 0.486 e. The smallest absolute Gasteiger partial charge is 0.277 e. The number of carbonyl (C=O) groups excluding carboxylic acids is 1. The lowest BCUT2D eigenvalue weighted by Crippen LogP contribution is -2.24. The summed E-state index contributed by atoms with van der Waals surface area (Å²) in [4.78, 5) is 12.0. The van der Waals surface area contributed by atoms with Gasteiger partial charge in [-0.1, -0.05) is 30.3 Å². The fourth-order valence-electron chi connectivity index (χ4n) is 2.93. The summed E-state index contributed by atoms with van der Waals surface area (Å²) in [6.45, 7) is 0.0726. The molecule has 0 saturated carbocycles. The Morgan fingerprint density at radius 1 is 0.969 bits per heavy atom. The molecule has 0 bridgehead atoms. The molecule has 32 heavy (non-hydrogen) atoms. The van der Waals surface area contributed by atoms with Crippen LogP contribution in [0, 0.1) is 11.3 Å². The standard InChI is InChI=1S/C25H19N3O4/c26-14-18-5-8-21(9-6-18)30-16-24-12-11-23(32-24)15-27-28-25(29)17-31-22-10-7-19-3-1-2-4-20(19)13-22/h1-13,15H,16-17H2,(H,28,29)/b27-15+. The quantitative estimate of drug-likeness (QED) is 0.333. The highest BCUT2D eigenvalue weighted by Gasteiger charge is 2.04. The number of hydrogen-bond donors (Lipinski definition) is 1. The van der Waals surface area contributed by atoms with Crippen LogP contribution in [0.4, 0.5) is 0 Å². The van der Waals surface area contributed by atoms with Crippen LogP contribution in [0.3, 0.4) is 0 Å². The first-order chi connectivity index (χ1) is 15.7. The number of amides is 1. The van der Waals surface area contributed by atoms with Crippen molar-refractivity contribution in [1.82, 2.24) is 5.43 Å². The number of benzene rings is 3. The molecule has 0 fully saturated rings. The van der Waals surface area contributed by atoms with Gasteiger partial charge in [0.1, 0.15) is 29.6 Å². The second-order valence-electron chi connectivity index (χ2n) is 6.82. The zero-order valence-corrected chi connectivity index (χ0v) is 17.0. The molecule has 1 amide bonds. The number of rotatable bonds is 8. The zero-order chi connectivity index (χ0) is 22.2. The number of furan rings is 1. The average Bonchev–Trinajstić information content (AvgIpc) is 3.29. The van der Waals surface area contributed by atoms with E-state index >= 15 is 0 Å². The Kier molecular flexibility index (Phi) is 6.44. The molecule has 3 aromatic carbocycles. The Bertz CT molecular complexity index is 1290. The van der Waals surface area contributed by atoms with E-state index in [0.29, 0.717) is 28.6 Å². The van der Waals surface area contributed by atoms with Gasteiger partial charge < -0.3 is 13.9 Å². The minimum Gasteiger partial charge on any atom is -0.486 e. The van der Waals surface area contributed by atoms with Gasteiger partial charge in [0, 0.05) is 0 Å². The van der Waals surface area contributed by atoms with Gasteiger partial charge in [0.05, 0.1) is 17.8 Å². The normalized spacial score (nSPS) is 10.7. The number of carbonyl (C=O) groups is 1. The molecule has 1 aromatic heterocycles. The molecule has 0 aliphatic rings. The fraction of sp³-hybridized carbons (Fsp3) is 0.0800. The maximum absolute atomic E-state index is 12.0. The molecule has 0 atom stereocenters. The van der Waals surface area contributed by atoms with Gasteiger partial charge in [-0.15, -0.1) is 0 Å². The molecular formula is C25H19N3O4. The Hall–Kier alpha value is -4.57. The number of nitriles is 1.